The average Bonchev–Trinajstić information content (AvgIpc) is 3.32. The highest BCUT2D eigenvalue weighted by Crippen LogP contribution is 2.36. The molecule has 1 aromatic heterocycles. The summed E-state index contributed by atoms with van der Waals surface area (Å²) in [6.45, 7) is 1.60. The van der Waals surface area contributed by atoms with Gasteiger partial charge in [0.2, 0.25) is 17.7 Å². The Labute approximate surface area is 179 Å². The molecule has 156 valence electrons. The van der Waals surface area contributed by atoms with Crippen LogP contribution in [0.25, 0.3) is 10.2 Å². The normalized spacial score (nSPS) is 26.5. The molecule has 2 aromatic rings. The van der Waals surface area contributed by atoms with Gasteiger partial charge in [-0.1, -0.05) is 24.3 Å². The number of fused-ring (bicyclic) bond motifs is 2. The highest BCUT2D eigenvalue weighted by molar-refractivity contribution is 7.18. The smallest absolute Gasteiger partial charge is 0.233 e. The van der Waals surface area contributed by atoms with Crippen LogP contribution in [-0.2, 0) is 14.4 Å². The number of carbonyl (C=O) groups excluding carboxylic acids is 3. The van der Waals surface area contributed by atoms with Crippen molar-refractivity contribution < 1.29 is 14.4 Å². The van der Waals surface area contributed by atoms with E-state index in [9.17, 15) is 14.4 Å². The molecule has 1 aromatic carbocycles. The monoisotopic (exact) mass is 423 g/mol. The molecule has 30 heavy (non-hydrogen) atoms. The molecule has 3 heterocycles. The Hall–Kier alpha value is -2.54. The third kappa shape index (κ3) is 3.45. The Bertz CT molecular complexity index is 971. The van der Waals surface area contributed by atoms with E-state index in [0.29, 0.717) is 19.4 Å². The Morgan fingerprint density at radius 3 is 2.57 bits per heavy atom. The number of rotatable bonds is 4. The van der Waals surface area contributed by atoms with Crippen molar-refractivity contribution in [2.24, 2.45) is 11.8 Å². The van der Waals surface area contributed by atoms with E-state index < -0.39 is 0 Å². The van der Waals surface area contributed by atoms with Gasteiger partial charge in [-0.2, -0.15) is 0 Å². The number of nitrogens with zero attached hydrogens (tertiary/aromatic N) is 3. The summed E-state index contributed by atoms with van der Waals surface area (Å²) < 4.78 is 1.18. The van der Waals surface area contributed by atoms with Crippen LogP contribution in [-0.4, -0.2) is 52.1 Å². The molecule has 0 spiro atoms. The fraction of sp³-hybridized carbons (Fsp3) is 0.478. The van der Waals surface area contributed by atoms with Crippen molar-refractivity contribution in [1.82, 2.24) is 14.8 Å². The number of amides is 3. The number of carbonyl (C=O) groups is 3. The number of piperidine rings is 1. The van der Waals surface area contributed by atoms with Crippen LogP contribution in [0.1, 0.15) is 43.0 Å². The first-order chi connectivity index (χ1) is 14.6. The van der Waals surface area contributed by atoms with Gasteiger partial charge < -0.3 is 4.90 Å². The molecule has 2 saturated heterocycles. The van der Waals surface area contributed by atoms with Gasteiger partial charge in [0.15, 0.2) is 0 Å². The molecule has 3 amide bonds. The van der Waals surface area contributed by atoms with Crippen LogP contribution in [0.5, 0.6) is 0 Å². The van der Waals surface area contributed by atoms with E-state index in [1.54, 1.807) is 11.3 Å². The third-order valence-electron chi connectivity index (χ3n) is 6.58. The van der Waals surface area contributed by atoms with Gasteiger partial charge in [-0.3, -0.25) is 19.3 Å². The summed E-state index contributed by atoms with van der Waals surface area (Å²) >= 11 is 1.71. The molecule has 0 saturated carbocycles. The summed E-state index contributed by atoms with van der Waals surface area (Å²) in [5.41, 5.74) is 1.02. The van der Waals surface area contributed by atoms with E-state index in [1.165, 1.54) is 9.60 Å². The maximum atomic E-state index is 12.9. The van der Waals surface area contributed by atoms with E-state index in [1.807, 2.05) is 35.3 Å². The van der Waals surface area contributed by atoms with E-state index in [0.717, 1.165) is 29.9 Å². The molecule has 0 bridgehead atoms. The van der Waals surface area contributed by atoms with Gasteiger partial charge in [-0.25, -0.2) is 4.98 Å². The Kier molecular flexibility index (Phi) is 5.15. The van der Waals surface area contributed by atoms with Gasteiger partial charge in [0.05, 0.1) is 27.1 Å². The second kappa shape index (κ2) is 7.95. The molecule has 3 aliphatic rings. The zero-order chi connectivity index (χ0) is 20.7. The first-order valence-corrected chi connectivity index (χ1v) is 11.6. The average molecular weight is 424 g/mol. The van der Waals surface area contributed by atoms with Crippen molar-refractivity contribution in [3.63, 3.8) is 0 Å². The maximum Gasteiger partial charge on any atom is 0.233 e. The SMILES string of the molecule is O=C(CCN1C(=O)[C@H]2CC=CC[C@H]2C1=O)N1CCC[C@@H](c2nc3ccccc3s2)C1. The van der Waals surface area contributed by atoms with Crippen LogP contribution in [0.2, 0.25) is 0 Å². The molecule has 0 radical (unpaired) electrons. The third-order valence-corrected chi connectivity index (χ3v) is 7.78. The minimum absolute atomic E-state index is 0.0226. The molecule has 1 aliphatic carbocycles. The zero-order valence-electron chi connectivity index (χ0n) is 16.8. The summed E-state index contributed by atoms with van der Waals surface area (Å²) in [4.78, 5) is 46.1. The van der Waals surface area contributed by atoms with Gasteiger partial charge in [0.1, 0.15) is 0 Å². The first kappa shape index (κ1) is 19.4. The summed E-state index contributed by atoms with van der Waals surface area (Å²) in [6, 6.07) is 8.13. The Balaban J connectivity index is 1.21. The van der Waals surface area contributed by atoms with Crippen molar-refractivity contribution in [3.8, 4) is 0 Å². The van der Waals surface area contributed by atoms with E-state index >= 15 is 0 Å². The van der Waals surface area contributed by atoms with Crippen LogP contribution < -0.4 is 0 Å². The van der Waals surface area contributed by atoms with Gasteiger partial charge in [-0.15, -0.1) is 11.3 Å². The number of allylic oxidation sites excluding steroid dienone is 2. The quantitative estimate of drug-likeness (QED) is 0.559. The van der Waals surface area contributed by atoms with Gasteiger partial charge in [0, 0.05) is 32.0 Å². The lowest BCUT2D eigenvalue weighted by molar-refractivity contribution is -0.141. The van der Waals surface area contributed by atoms with Crippen molar-refractivity contribution in [3.05, 3.63) is 41.4 Å². The van der Waals surface area contributed by atoms with E-state index in [2.05, 4.69) is 6.07 Å². The molecule has 2 aliphatic heterocycles. The minimum Gasteiger partial charge on any atom is -0.342 e. The first-order valence-electron chi connectivity index (χ1n) is 10.8. The minimum atomic E-state index is -0.226. The number of benzene rings is 1. The summed E-state index contributed by atoms with van der Waals surface area (Å²) in [5.74, 6) is -0.383. The van der Waals surface area contributed by atoms with Crippen molar-refractivity contribution in [2.45, 2.75) is 38.0 Å². The van der Waals surface area contributed by atoms with Crippen molar-refractivity contribution >= 4 is 39.3 Å². The molecule has 5 rings (SSSR count). The molecular formula is C23H25N3O3S. The highest BCUT2D eigenvalue weighted by atomic mass is 32.1. The summed E-state index contributed by atoms with van der Waals surface area (Å²) in [6.07, 6.45) is 7.42. The predicted octanol–water partition coefficient (Wildman–Crippen LogP) is 3.34. The number of thiazole rings is 1. The largest absolute Gasteiger partial charge is 0.342 e. The molecule has 2 fully saturated rings. The van der Waals surface area contributed by atoms with Crippen LogP contribution in [0.4, 0.5) is 0 Å². The fourth-order valence-electron chi connectivity index (χ4n) is 4.92. The van der Waals surface area contributed by atoms with E-state index in [4.69, 9.17) is 4.98 Å². The Morgan fingerprint density at radius 2 is 1.83 bits per heavy atom. The lowest BCUT2D eigenvalue weighted by Crippen LogP contribution is -2.41. The lowest BCUT2D eigenvalue weighted by atomic mass is 9.85. The maximum absolute atomic E-state index is 12.9. The Morgan fingerprint density at radius 1 is 1.10 bits per heavy atom. The molecule has 0 N–H and O–H groups in total. The second-order valence-electron chi connectivity index (χ2n) is 8.43. The zero-order valence-corrected chi connectivity index (χ0v) is 17.6. The van der Waals surface area contributed by atoms with E-state index in [-0.39, 0.29) is 48.4 Å². The summed E-state index contributed by atoms with van der Waals surface area (Å²) in [7, 11) is 0. The number of likely N-dealkylation sites (tertiary alicyclic amines) is 2. The lowest BCUT2D eigenvalue weighted by Gasteiger charge is -2.32. The van der Waals surface area contributed by atoms with Gasteiger partial charge in [-0.05, 0) is 37.8 Å². The fourth-order valence-corrected chi connectivity index (χ4v) is 6.02. The van der Waals surface area contributed by atoms with Crippen LogP contribution in [0.3, 0.4) is 0 Å². The molecule has 0 unspecified atom stereocenters. The molecule has 3 atom stereocenters. The number of para-hydroxylation sites is 1. The number of hydrogen-bond acceptors (Lipinski definition) is 5. The number of aromatic nitrogens is 1. The van der Waals surface area contributed by atoms with Gasteiger partial charge in [0.25, 0.3) is 0 Å². The predicted molar refractivity (Wildman–Crippen MR) is 115 cm³/mol. The molecular weight excluding hydrogens is 398 g/mol. The standard InChI is InChI=1S/C23H25N3O3S/c27-20(11-13-26-22(28)16-7-1-2-8-17(16)23(26)29)25-12-5-6-15(14-25)21-24-18-9-3-4-10-19(18)30-21/h1-4,9-10,15-17H,5-8,11-14H2/t15-,16-,17+/m1/s1. The van der Waals surface area contributed by atoms with Gasteiger partial charge >= 0.3 is 0 Å². The van der Waals surface area contributed by atoms with Crippen molar-refractivity contribution in [1.29, 1.82) is 0 Å². The highest BCUT2D eigenvalue weighted by Gasteiger charge is 2.47. The van der Waals surface area contributed by atoms with Crippen LogP contribution in [0, 0.1) is 11.8 Å². The van der Waals surface area contributed by atoms with Crippen molar-refractivity contribution in [2.75, 3.05) is 19.6 Å². The number of hydrogen-bond donors (Lipinski definition) is 0. The van der Waals surface area contributed by atoms with Crippen LogP contribution in [0.15, 0.2) is 36.4 Å². The van der Waals surface area contributed by atoms with Crippen LogP contribution >= 0.6 is 11.3 Å². The molecule has 6 nitrogen and oxygen atoms in total. The second-order valence-corrected chi connectivity index (χ2v) is 9.49. The molecule has 7 heteroatoms. The topological polar surface area (TPSA) is 70.6 Å². The summed E-state index contributed by atoms with van der Waals surface area (Å²) in [5, 5.41) is 1.09. The number of imide groups is 1.